The lowest BCUT2D eigenvalue weighted by Crippen LogP contribution is -2.11. The van der Waals surface area contributed by atoms with E-state index in [2.05, 4.69) is 25.2 Å². The van der Waals surface area contributed by atoms with Crippen molar-refractivity contribution >= 4 is 28.9 Å². The lowest BCUT2D eigenvalue weighted by Gasteiger charge is -2.06. The highest BCUT2D eigenvalue weighted by Gasteiger charge is 2.06. The molecule has 5 heteroatoms. The van der Waals surface area contributed by atoms with Gasteiger partial charge in [-0.15, -0.1) is 11.3 Å². The van der Waals surface area contributed by atoms with Gasteiger partial charge in [-0.3, -0.25) is 9.59 Å². The Hall–Kier alpha value is -2.14. The molecule has 0 radical (unpaired) electrons. The predicted molar refractivity (Wildman–Crippen MR) is 97.8 cm³/mol. The van der Waals surface area contributed by atoms with Gasteiger partial charge >= 0.3 is 5.97 Å². The second-order valence-corrected chi connectivity index (χ2v) is 7.39. The number of carbonyl (C=O) groups is 2. The molecule has 1 amide bonds. The molecule has 128 valence electrons. The summed E-state index contributed by atoms with van der Waals surface area (Å²) >= 11 is 1.80. The number of aliphatic carboxylic acids is 1. The third kappa shape index (κ3) is 5.81. The Morgan fingerprint density at radius 1 is 1.08 bits per heavy atom. The van der Waals surface area contributed by atoms with E-state index in [1.54, 1.807) is 11.3 Å². The summed E-state index contributed by atoms with van der Waals surface area (Å²) in [6.45, 7) is 4.23. The number of carboxylic acids is 1. The second-order valence-electron chi connectivity index (χ2n) is 5.93. The van der Waals surface area contributed by atoms with Crippen LogP contribution in [0.2, 0.25) is 0 Å². The molecule has 1 aromatic carbocycles. The van der Waals surface area contributed by atoms with Crippen molar-refractivity contribution in [3.63, 3.8) is 0 Å². The van der Waals surface area contributed by atoms with Crippen molar-refractivity contribution in [3.05, 3.63) is 51.2 Å². The van der Waals surface area contributed by atoms with Gasteiger partial charge in [0.15, 0.2) is 0 Å². The quantitative estimate of drug-likeness (QED) is 0.748. The van der Waals surface area contributed by atoms with Crippen LogP contribution in [0.15, 0.2) is 30.3 Å². The fraction of sp³-hybridized carbons (Fsp3) is 0.368. The molecule has 0 saturated carbocycles. The lowest BCUT2D eigenvalue weighted by molar-refractivity contribution is -0.137. The first-order valence-electron chi connectivity index (χ1n) is 8.10. The van der Waals surface area contributed by atoms with Crippen molar-refractivity contribution in [2.24, 2.45) is 0 Å². The number of carbonyl (C=O) groups excluding carboxylic acids is 1. The van der Waals surface area contributed by atoms with E-state index < -0.39 is 5.97 Å². The number of benzene rings is 1. The second kappa shape index (κ2) is 8.64. The number of anilines is 1. The summed E-state index contributed by atoms with van der Waals surface area (Å²) in [5.74, 6) is -0.790. The van der Waals surface area contributed by atoms with Gasteiger partial charge < -0.3 is 10.4 Å². The van der Waals surface area contributed by atoms with E-state index in [9.17, 15) is 9.59 Å². The Kier molecular flexibility index (Phi) is 6.55. The van der Waals surface area contributed by atoms with Crippen LogP contribution in [0.1, 0.15) is 40.1 Å². The van der Waals surface area contributed by atoms with Crippen LogP contribution in [0.4, 0.5) is 5.69 Å². The Labute approximate surface area is 146 Å². The molecule has 2 rings (SSSR count). The number of hydrogen-bond donors (Lipinski definition) is 2. The van der Waals surface area contributed by atoms with Gasteiger partial charge in [0, 0.05) is 28.3 Å². The van der Waals surface area contributed by atoms with Gasteiger partial charge in [-0.05, 0) is 62.4 Å². The first-order chi connectivity index (χ1) is 11.4. The molecule has 0 aliphatic heterocycles. The van der Waals surface area contributed by atoms with E-state index in [1.807, 2.05) is 24.3 Å². The first-order valence-corrected chi connectivity index (χ1v) is 8.92. The maximum Gasteiger partial charge on any atom is 0.303 e. The van der Waals surface area contributed by atoms with Crippen LogP contribution >= 0.6 is 11.3 Å². The summed E-state index contributed by atoms with van der Waals surface area (Å²) in [5.41, 5.74) is 3.05. The van der Waals surface area contributed by atoms with Gasteiger partial charge in [-0.25, -0.2) is 0 Å². The van der Waals surface area contributed by atoms with E-state index in [1.165, 1.54) is 15.3 Å². The average molecular weight is 345 g/mol. The minimum absolute atomic E-state index is 0.0119. The fourth-order valence-corrected chi connectivity index (χ4v) is 3.58. The third-order valence-electron chi connectivity index (χ3n) is 3.86. The van der Waals surface area contributed by atoms with Crippen molar-refractivity contribution < 1.29 is 14.7 Å². The van der Waals surface area contributed by atoms with Crippen LogP contribution in [-0.4, -0.2) is 17.0 Å². The highest BCUT2D eigenvalue weighted by molar-refractivity contribution is 7.12. The Morgan fingerprint density at radius 2 is 1.79 bits per heavy atom. The molecule has 0 aliphatic carbocycles. The average Bonchev–Trinajstić information content (AvgIpc) is 2.84. The van der Waals surface area contributed by atoms with Crippen LogP contribution in [0.25, 0.3) is 0 Å². The van der Waals surface area contributed by atoms with Crippen molar-refractivity contribution in [2.75, 3.05) is 5.32 Å². The summed E-state index contributed by atoms with van der Waals surface area (Å²) in [4.78, 5) is 25.2. The zero-order chi connectivity index (χ0) is 17.5. The molecular formula is C19H23NO3S. The number of hydrogen-bond acceptors (Lipinski definition) is 3. The maximum atomic E-state index is 12.0. The Bertz CT molecular complexity index is 704. The molecule has 1 aromatic heterocycles. The third-order valence-corrected chi connectivity index (χ3v) is 4.87. The molecular weight excluding hydrogens is 322 g/mol. The van der Waals surface area contributed by atoms with Crippen LogP contribution < -0.4 is 5.32 Å². The summed E-state index contributed by atoms with van der Waals surface area (Å²) in [6.07, 6.45) is 2.88. The lowest BCUT2D eigenvalue weighted by atomic mass is 10.1. The number of nitrogens with one attached hydrogen (secondary N) is 1. The summed E-state index contributed by atoms with van der Waals surface area (Å²) in [5, 5.41) is 11.6. The van der Waals surface area contributed by atoms with Gasteiger partial charge in [-0.1, -0.05) is 12.1 Å². The zero-order valence-corrected chi connectivity index (χ0v) is 14.9. The predicted octanol–water partition coefficient (Wildman–Crippen LogP) is 4.34. The van der Waals surface area contributed by atoms with E-state index >= 15 is 0 Å². The molecule has 24 heavy (non-hydrogen) atoms. The minimum atomic E-state index is -0.802. The number of rotatable bonds is 8. The summed E-state index contributed by atoms with van der Waals surface area (Å²) in [7, 11) is 0. The van der Waals surface area contributed by atoms with Crippen molar-refractivity contribution in [1.82, 2.24) is 0 Å². The van der Waals surface area contributed by atoms with Gasteiger partial charge in [0.2, 0.25) is 5.91 Å². The normalized spacial score (nSPS) is 10.6. The number of thiophene rings is 1. The number of amides is 1. The fourth-order valence-electron chi connectivity index (χ4n) is 2.60. The van der Waals surface area contributed by atoms with E-state index in [0.29, 0.717) is 12.8 Å². The molecule has 0 saturated heterocycles. The smallest absolute Gasteiger partial charge is 0.303 e. The molecule has 0 bridgehead atoms. The van der Waals surface area contributed by atoms with E-state index in [4.69, 9.17) is 5.11 Å². The van der Waals surface area contributed by atoms with Gasteiger partial charge in [0.1, 0.15) is 0 Å². The summed E-state index contributed by atoms with van der Waals surface area (Å²) < 4.78 is 0. The van der Waals surface area contributed by atoms with Gasteiger partial charge in [0.25, 0.3) is 0 Å². The van der Waals surface area contributed by atoms with Crippen molar-refractivity contribution in [3.8, 4) is 0 Å². The van der Waals surface area contributed by atoms with Crippen LogP contribution in [0, 0.1) is 13.8 Å². The Balaban J connectivity index is 1.75. The zero-order valence-electron chi connectivity index (χ0n) is 14.1. The van der Waals surface area contributed by atoms with Crippen LogP contribution in [0.3, 0.4) is 0 Å². The molecule has 0 aliphatic rings. The summed E-state index contributed by atoms with van der Waals surface area (Å²) in [6, 6.07) is 9.56. The van der Waals surface area contributed by atoms with E-state index in [0.717, 1.165) is 24.1 Å². The van der Waals surface area contributed by atoms with E-state index in [-0.39, 0.29) is 12.3 Å². The molecule has 2 N–H and O–H groups in total. The molecule has 2 aromatic rings. The SMILES string of the molecule is Cc1cc(CCCC(=O)Nc2ccc(CCC(=O)O)cc2)c(C)s1. The van der Waals surface area contributed by atoms with Gasteiger partial charge in [-0.2, -0.15) is 0 Å². The highest BCUT2D eigenvalue weighted by atomic mass is 32.1. The monoisotopic (exact) mass is 345 g/mol. The first kappa shape index (κ1) is 18.2. The molecule has 0 unspecified atom stereocenters. The minimum Gasteiger partial charge on any atom is -0.481 e. The number of carboxylic acid groups (broad SMARTS) is 1. The Morgan fingerprint density at radius 3 is 2.38 bits per heavy atom. The largest absolute Gasteiger partial charge is 0.481 e. The molecule has 0 spiro atoms. The standard InChI is InChI=1S/C19H23NO3S/c1-13-12-16(14(2)24-13)4-3-5-18(21)20-17-9-6-15(7-10-17)8-11-19(22)23/h6-7,9-10,12H,3-5,8,11H2,1-2H3,(H,20,21)(H,22,23). The molecule has 0 fully saturated rings. The van der Waals surface area contributed by atoms with Crippen molar-refractivity contribution in [1.29, 1.82) is 0 Å². The van der Waals surface area contributed by atoms with Crippen LogP contribution in [-0.2, 0) is 22.4 Å². The van der Waals surface area contributed by atoms with Crippen molar-refractivity contribution in [2.45, 2.75) is 46.0 Å². The maximum absolute atomic E-state index is 12.0. The molecule has 1 heterocycles. The van der Waals surface area contributed by atoms with Crippen LogP contribution in [0.5, 0.6) is 0 Å². The molecule has 0 atom stereocenters. The molecule has 4 nitrogen and oxygen atoms in total. The van der Waals surface area contributed by atoms with Gasteiger partial charge in [0.05, 0.1) is 0 Å². The topological polar surface area (TPSA) is 66.4 Å². The highest BCUT2D eigenvalue weighted by Crippen LogP contribution is 2.22. The number of aryl methyl sites for hydroxylation is 4.